The molecule has 3 nitrogen and oxygen atoms in total. The van der Waals surface area contributed by atoms with Gasteiger partial charge in [-0.1, -0.05) is 13.8 Å². The highest BCUT2D eigenvalue weighted by Crippen LogP contribution is 2.05. The molecule has 1 unspecified atom stereocenters. The Morgan fingerprint density at radius 3 is 2.14 bits per heavy atom. The minimum Gasteiger partial charge on any atom is -0.341 e. The molecule has 0 fully saturated rings. The second-order valence-electron chi connectivity index (χ2n) is 3.13. The maximum Gasteiger partial charge on any atom is 0.315 e. The molecule has 0 saturated carbocycles. The molecule has 0 aliphatic rings. The molecule has 0 aromatic rings. The second-order valence-corrected chi connectivity index (χ2v) is 3.40. The van der Waals surface area contributed by atoms with E-state index in [1.54, 1.807) is 13.8 Å². The largest absolute Gasteiger partial charge is 0.341 e. The first-order valence-electron chi connectivity index (χ1n) is 4.07. The molecular formula is C8H12ClF2NO2. The number of rotatable bonds is 5. The first kappa shape index (κ1) is 13.3. The molecule has 0 saturated heterocycles. The summed E-state index contributed by atoms with van der Waals surface area (Å²) < 4.78 is 23.7. The first-order valence-corrected chi connectivity index (χ1v) is 4.60. The Labute approximate surface area is 85.8 Å². The predicted molar refractivity (Wildman–Crippen MR) is 48.5 cm³/mol. The molecule has 6 heteroatoms. The third kappa shape index (κ3) is 4.00. The molecule has 1 atom stereocenters. The van der Waals surface area contributed by atoms with Crippen LogP contribution in [-0.4, -0.2) is 30.0 Å². The molecule has 0 radical (unpaired) electrons. The lowest BCUT2D eigenvalue weighted by Gasteiger charge is -2.19. The van der Waals surface area contributed by atoms with Crippen molar-refractivity contribution in [2.24, 2.45) is 5.92 Å². The van der Waals surface area contributed by atoms with Crippen molar-refractivity contribution in [1.82, 2.24) is 5.32 Å². The van der Waals surface area contributed by atoms with Gasteiger partial charge >= 0.3 is 6.43 Å². The van der Waals surface area contributed by atoms with Crippen molar-refractivity contribution in [3.63, 3.8) is 0 Å². The number of ketones is 1. The Bertz CT molecular complexity index is 221. The summed E-state index contributed by atoms with van der Waals surface area (Å²) in [7, 11) is 0. The molecule has 0 rings (SSSR count). The van der Waals surface area contributed by atoms with Crippen molar-refractivity contribution < 1.29 is 18.4 Å². The normalized spacial score (nSPS) is 13.1. The topological polar surface area (TPSA) is 46.2 Å². The van der Waals surface area contributed by atoms with E-state index in [9.17, 15) is 18.4 Å². The number of alkyl halides is 3. The molecule has 14 heavy (non-hydrogen) atoms. The summed E-state index contributed by atoms with van der Waals surface area (Å²) in [5, 5.41) is 1.94. The van der Waals surface area contributed by atoms with E-state index < -0.39 is 24.2 Å². The number of carbonyl (C=O) groups is 2. The van der Waals surface area contributed by atoms with Crippen molar-refractivity contribution in [2.75, 3.05) is 5.88 Å². The first-order chi connectivity index (χ1) is 6.40. The zero-order valence-corrected chi connectivity index (χ0v) is 8.65. The van der Waals surface area contributed by atoms with Crippen LogP contribution in [0, 0.1) is 5.92 Å². The summed E-state index contributed by atoms with van der Waals surface area (Å²) in [4.78, 5) is 21.7. The molecule has 0 aromatic carbocycles. The van der Waals surface area contributed by atoms with Crippen molar-refractivity contribution in [3.8, 4) is 0 Å². The fraction of sp³-hybridized carbons (Fsp3) is 0.750. The van der Waals surface area contributed by atoms with Crippen LogP contribution < -0.4 is 5.32 Å². The maximum atomic E-state index is 11.9. The smallest absolute Gasteiger partial charge is 0.315 e. The highest BCUT2D eigenvalue weighted by molar-refractivity contribution is 6.28. The van der Waals surface area contributed by atoms with Gasteiger partial charge in [0.25, 0.3) is 5.91 Å². The van der Waals surface area contributed by atoms with Crippen LogP contribution in [0.4, 0.5) is 8.78 Å². The Balaban J connectivity index is 4.38. The van der Waals surface area contributed by atoms with Gasteiger partial charge in [0.2, 0.25) is 0 Å². The zero-order chi connectivity index (χ0) is 11.3. The van der Waals surface area contributed by atoms with Crippen LogP contribution in [0.15, 0.2) is 0 Å². The Kier molecular flexibility index (Phi) is 5.60. The van der Waals surface area contributed by atoms with Crippen molar-refractivity contribution in [2.45, 2.75) is 26.3 Å². The van der Waals surface area contributed by atoms with E-state index >= 15 is 0 Å². The third-order valence-corrected chi connectivity index (χ3v) is 1.90. The maximum absolute atomic E-state index is 11.9. The van der Waals surface area contributed by atoms with Gasteiger partial charge in [-0.3, -0.25) is 9.59 Å². The van der Waals surface area contributed by atoms with Gasteiger partial charge < -0.3 is 5.32 Å². The molecule has 0 spiro atoms. The molecular weight excluding hydrogens is 216 g/mol. The summed E-state index contributed by atoms with van der Waals surface area (Å²) in [5.74, 6) is -2.46. The van der Waals surface area contributed by atoms with E-state index in [4.69, 9.17) is 11.6 Å². The number of carbonyl (C=O) groups excluding carboxylic acids is 2. The van der Waals surface area contributed by atoms with E-state index in [-0.39, 0.29) is 11.8 Å². The van der Waals surface area contributed by atoms with Crippen LogP contribution >= 0.6 is 11.6 Å². The van der Waals surface area contributed by atoms with E-state index in [1.165, 1.54) is 0 Å². The third-order valence-electron chi connectivity index (χ3n) is 1.64. The predicted octanol–water partition coefficient (Wildman–Crippen LogP) is 1.20. The fourth-order valence-corrected chi connectivity index (χ4v) is 1.08. The lowest BCUT2D eigenvalue weighted by molar-refractivity contribution is -0.135. The average Bonchev–Trinajstić information content (AvgIpc) is 2.11. The van der Waals surface area contributed by atoms with Gasteiger partial charge in [0.05, 0.1) is 11.9 Å². The lowest BCUT2D eigenvalue weighted by atomic mass is 10.0. The Morgan fingerprint density at radius 2 is 1.86 bits per heavy atom. The lowest BCUT2D eigenvalue weighted by Crippen LogP contribution is -2.47. The standard InChI is InChI=1S/C8H12ClF2NO2/c1-4(2)6(5(13)3-9)12-8(14)7(10)11/h4,6-7H,3H2,1-2H3,(H,12,14). The van der Waals surface area contributed by atoms with E-state index in [0.717, 1.165) is 0 Å². The number of halogens is 3. The van der Waals surface area contributed by atoms with Gasteiger partial charge in [-0.15, -0.1) is 11.6 Å². The number of Topliss-reactive ketones (excluding diaryl/α,β-unsaturated/α-hetero) is 1. The van der Waals surface area contributed by atoms with Gasteiger partial charge in [0.1, 0.15) is 0 Å². The molecule has 0 aliphatic carbocycles. The van der Waals surface area contributed by atoms with Gasteiger partial charge in [-0.25, -0.2) is 0 Å². The highest BCUT2D eigenvalue weighted by atomic mass is 35.5. The van der Waals surface area contributed by atoms with E-state index in [1.807, 2.05) is 5.32 Å². The highest BCUT2D eigenvalue weighted by Gasteiger charge is 2.26. The zero-order valence-electron chi connectivity index (χ0n) is 7.89. The fourth-order valence-electron chi connectivity index (χ4n) is 0.918. The monoisotopic (exact) mass is 227 g/mol. The second kappa shape index (κ2) is 5.90. The van der Waals surface area contributed by atoms with Crippen molar-refractivity contribution >= 4 is 23.3 Å². The number of hydrogen-bond acceptors (Lipinski definition) is 2. The van der Waals surface area contributed by atoms with Gasteiger partial charge in [-0.2, -0.15) is 8.78 Å². The quantitative estimate of drug-likeness (QED) is 0.718. The Hall–Kier alpha value is -0.710. The van der Waals surface area contributed by atoms with Crippen LogP contribution in [-0.2, 0) is 9.59 Å². The minimum absolute atomic E-state index is 0.260. The number of nitrogens with one attached hydrogen (secondary N) is 1. The minimum atomic E-state index is -3.11. The summed E-state index contributed by atoms with van der Waals surface area (Å²) in [6.07, 6.45) is -3.11. The summed E-state index contributed by atoms with van der Waals surface area (Å²) >= 11 is 5.27. The van der Waals surface area contributed by atoms with Gasteiger partial charge in [0.15, 0.2) is 5.78 Å². The Morgan fingerprint density at radius 1 is 1.36 bits per heavy atom. The van der Waals surface area contributed by atoms with E-state index in [0.29, 0.717) is 0 Å². The molecule has 1 N–H and O–H groups in total. The molecule has 1 amide bonds. The molecule has 0 aliphatic heterocycles. The van der Waals surface area contributed by atoms with Crippen LogP contribution in [0.25, 0.3) is 0 Å². The molecule has 82 valence electrons. The number of hydrogen-bond donors (Lipinski definition) is 1. The molecule has 0 bridgehead atoms. The summed E-state index contributed by atoms with van der Waals surface area (Å²) in [6, 6.07) is -0.936. The average molecular weight is 228 g/mol. The van der Waals surface area contributed by atoms with E-state index in [2.05, 4.69) is 0 Å². The van der Waals surface area contributed by atoms with Crippen LogP contribution in [0.1, 0.15) is 13.8 Å². The van der Waals surface area contributed by atoms with Crippen LogP contribution in [0.3, 0.4) is 0 Å². The van der Waals surface area contributed by atoms with Gasteiger partial charge in [-0.05, 0) is 5.92 Å². The molecule has 0 heterocycles. The van der Waals surface area contributed by atoms with Crippen molar-refractivity contribution in [1.29, 1.82) is 0 Å². The summed E-state index contributed by atoms with van der Waals surface area (Å²) in [5.41, 5.74) is 0. The van der Waals surface area contributed by atoms with Crippen molar-refractivity contribution in [3.05, 3.63) is 0 Å². The number of amides is 1. The molecule has 0 aromatic heterocycles. The summed E-state index contributed by atoms with van der Waals surface area (Å²) in [6.45, 7) is 3.28. The van der Waals surface area contributed by atoms with Crippen LogP contribution in [0.2, 0.25) is 0 Å². The van der Waals surface area contributed by atoms with Gasteiger partial charge in [0, 0.05) is 0 Å². The SMILES string of the molecule is CC(C)C(NC(=O)C(F)F)C(=O)CCl. The van der Waals surface area contributed by atoms with Crippen LogP contribution in [0.5, 0.6) is 0 Å².